The molecule has 0 radical (unpaired) electrons. The van der Waals surface area contributed by atoms with Gasteiger partial charge in [0.05, 0.1) is 0 Å². The van der Waals surface area contributed by atoms with Crippen molar-refractivity contribution in [2.75, 3.05) is 5.73 Å². The number of nitrogens with zero attached hydrogens (tertiary/aromatic N) is 2. The molecule has 88 valence electrons. The van der Waals surface area contributed by atoms with Crippen molar-refractivity contribution in [3.8, 4) is 17.0 Å². The quantitative estimate of drug-likeness (QED) is 0.889. The van der Waals surface area contributed by atoms with Crippen LogP contribution >= 0.6 is 0 Å². The van der Waals surface area contributed by atoms with Crippen molar-refractivity contribution in [1.82, 2.24) is 9.97 Å². The maximum atomic E-state index is 11.9. The van der Waals surface area contributed by atoms with Gasteiger partial charge < -0.3 is 10.5 Å². The van der Waals surface area contributed by atoms with Gasteiger partial charge in [-0.15, -0.1) is 0 Å². The maximum absolute atomic E-state index is 11.9. The van der Waals surface area contributed by atoms with E-state index in [-0.39, 0.29) is 11.6 Å². The number of nitrogens with two attached hydrogens (primary N) is 1. The molecule has 0 bridgehead atoms. The van der Waals surface area contributed by atoms with Crippen molar-refractivity contribution in [3.63, 3.8) is 0 Å². The molecule has 0 aliphatic rings. The van der Waals surface area contributed by atoms with E-state index in [1.807, 2.05) is 0 Å². The molecule has 0 aliphatic heterocycles. The molecule has 0 fully saturated rings. The van der Waals surface area contributed by atoms with Crippen molar-refractivity contribution < 1.29 is 13.5 Å². The van der Waals surface area contributed by atoms with E-state index < -0.39 is 6.61 Å². The summed E-state index contributed by atoms with van der Waals surface area (Å²) in [5.41, 5.74) is 6.85. The van der Waals surface area contributed by atoms with E-state index >= 15 is 0 Å². The van der Waals surface area contributed by atoms with Crippen LogP contribution in [0, 0.1) is 0 Å². The highest BCUT2D eigenvalue weighted by atomic mass is 19.3. The Bertz CT molecular complexity index is 502. The summed E-state index contributed by atoms with van der Waals surface area (Å²) in [6, 6.07) is 6.04. The lowest BCUT2D eigenvalue weighted by atomic mass is 10.1. The normalized spacial score (nSPS) is 10.5. The van der Waals surface area contributed by atoms with Crippen molar-refractivity contribution in [2.45, 2.75) is 6.61 Å². The van der Waals surface area contributed by atoms with E-state index in [9.17, 15) is 8.78 Å². The molecule has 4 nitrogen and oxygen atoms in total. The number of rotatable bonds is 3. The average Bonchev–Trinajstić information content (AvgIpc) is 2.30. The Balaban J connectivity index is 2.27. The van der Waals surface area contributed by atoms with Gasteiger partial charge in [0.1, 0.15) is 17.3 Å². The molecule has 2 rings (SSSR count). The number of benzene rings is 1. The minimum atomic E-state index is -2.83. The van der Waals surface area contributed by atoms with Crippen molar-refractivity contribution in [3.05, 3.63) is 36.7 Å². The predicted octanol–water partition coefficient (Wildman–Crippen LogP) is 2.33. The molecule has 0 atom stereocenters. The second kappa shape index (κ2) is 4.73. The average molecular weight is 237 g/mol. The fourth-order valence-corrected chi connectivity index (χ4v) is 1.37. The van der Waals surface area contributed by atoms with E-state index in [4.69, 9.17) is 5.73 Å². The molecule has 1 aromatic heterocycles. The first-order valence-electron chi connectivity index (χ1n) is 4.78. The lowest BCUT2D eigenvalue weighted by Gasteiger charge is -2.06. The predicted molar refractivity (Wildman–Crippen MR) is 58.5 cm³/mol. The van der Waals surface area contributed by atoms with Crippen molar-refractivity contribution in [2.24, 2.45) is 0 Å². The number of aromatic nitrogens is 2. The monoisotopic (exact) mass is 237 g/mol. The molecule has 1 aromatic carbocycles. The zero-order valence-corrected chi connectivity index (χ0v) is 8.68. The third kappa shape index (κ3) is 2.66. The van der Waals surface area contributed by atoms with Gasteiger partial charge in [-0.3, -0.25) is 4.98 Å². The van der Waals surface area contributed by atoms with Crippen LogP contribution in [0.15, 0.2) is 36.7 Å². The summed E-state index contributed by atoms with van der Waals surface area (Å²) in [6.07, 6.45) is 2.99. The minimum Gasteiger partial charge on any atom is -0.435 e. The number of ether oxygens (including phenoxy) is 1. The Labute approximate surface area is 96.1 Å². The third-order valence-corrected chi connectivity index (χ3v) is 2.08. The molecule has 17 heavy (non-hydrogen) atoms. The van der Waals surface area contributed by atoms with E-state index in [2.05, 4.69) is 14.7 Å². The van der Waals surface area contributed by atoms with Gasteiger partial charge in [0.15, 0.2) is 0 Å². The van der Waals surface area contributed by atoms with Crippen LogP contribution in [0.25, 0.3) is 11.3 Å². The standard InChI is InChI=1S/C11H9F2N3O/c12-11(13)17-8-3-1-7(2-4-8)9-10(14)16-6-5-15-9/h1-6,11H,(H2,14,16). The van der Waals surface area contributed by atoms with E-state index in [1.54, 1.807) is 12.1 Å². The lowest BCUT2D eigenvalue weighted by molar-refractivity contribution is -0.0498. The van der Waals surface area contributed by atoms with Gasteiger partial charge in [0.2, 0.25) is 0 Å². The number of hydrogen-bond acceptors (Lipinski definition) is 4. The van der Waals surface area contributed by atoms with E-state index in [1.165, 1.54) is 24.5 Å². The summed E-state index contributed by atoms with van der Waals surface area (Å²) in [5, 5.41) is 0. The Hall–Kier alpha value is -2.24. The molecule has 0 spiro atoms. The Morgan fingerprint density at radius 2 is 1.71 bits per heavy atom. The van der Waals surface area contributed by atoms with Crippen LogP contribution in [0.1, 0.15) is 0 Å². The summed E-state index contributed by atoms with van der Waals surface area (Å²) in [6.45, 7) is -2.83. The summed E-state index contributed by atoms with van der Waals surface area (Å²) in [7, 11) is 0. The number of anilines is 1. The van der Waals surface area contributed by atoms with Gasteiger partial charge in [0.25, 0.3) is 0 Å². The summed E-state index contributed by atoms with van der Waals surface area (Å²) in [4.78, 5) is 7.95. The number of nitrogen functional groups attached to an aromatic ring is 1. The highest BCUT2D eigenvalue weighted by molar-refractivity contribution is 5.69. The highest BCUT2D eigenvalue weighted by Crippen LogP contribution is 2.24. The van der Waals surface area contributed by atoms with Crippen LogP contribution in [0.5, 0.6) is 5.75 Å². The smallest absolute Gasteiger partial charge is 0.387 e. The largest absolute Gasteiger partial charge is 0.435 e. The van der Waals surface area contributed by atoms with Crippen LogP contribution in [0.3, 0.4) is 0 Å². The maximum Gasteiger partial charge on any atom is 0.387 e. The fraction of sp³-hybridized carbons (Fsp3) is 0.0909. The van der Waals surface area contributed by atoms with Crippen LogP contribution in [-0.2, 0) is 0 Å². The van der Waals surface area contributed by atoms with Crippen LogP contribution in [0.4, 0.5) is 14.6 Å². The van der Waals surface area contributed by atoms with Gasteiger partial charge in [-0.1, -0.05) is 0 Å². The van der Waals surface area contributed by atoms with Crippen LogP contribution < -0.4 is 10.5 Å². The summed E-state index contributed by atoms with van der Waals surface area (Å²) in [5.74, 6) is 0.376. The highest BCUT2D eigenvalue weighted by Gasteiger charge is 2.07. The molecule has 1 heterocycles. The lowest BCUT2D eigenvalue weighted by Crippen LogP contribution is -2.01. The topological polar surface area (TPSA) is 61.0 Å². The van der Waals surface area contributed by atoms with Crippen molar-refractivity contribution >= 4 is 5.82 Å². The zero-order chi connectivity index (χ0) is 12.3. The fourth-order valence-electron chi connectivity index (χ4n) is 1.37. The second-order valence-electron chi connectivity index (χ2n) is 3.19. The molecule has 2 aromatic rings. The molecular weight excluding hydrogens is 228 g/mol. The third-order valence-electron chi connectivity index (χ3n) is 2.08. The molecule has 6 heteroatoms. The number of halogens is 2. The second-order valence-corrected chi connectivity index (χ2v) is 3.19. The SMILES string of the molecule is Nc1nccnc1-c1ccc(OC(F)F)cc1. The summed E-state index contributed by atoms with van der Waals surface area (Å²) < 4.78 is 28.1. The Morgan fingerprint density at radius 1 is 1.06 bits per heavy atom. The number of alkyl halides is 2. The van der Waals surface area contributed by atoms with Gasteiger partial charge in [-0.2, -0.15) is 8.78 Å². The zero-order valence-electron chi connectivity index (χ0n) is 8.68. The number of hydrogen-bond donors (Lipinski definition) is 1. The van der Waals surface area contributed by atoms with Crippen molar-refractivity contribution in [1.29, 1.82) is 0 Å². The molecular formula is C11H9F2N3O. The molecule has 2 N–H and O–H groups in total. The van der Waals surface area contributed by atoms with Crippen LogP contribution in [-0.4, -0.2) is 16.6 Å². The first-order valence-corrected chi connectivity index (χ1v) is 4.78. The van der Waals surface area contributed by atoms with Gasteiger partial charge in [-0.25, -0.2) is 4.98 Å². The Kier molecular flexibility index (Phi) is 3.13. The molecule has 0 amide bonds. The molecule has 0 aliphatic carbocycles. The van der Waals surface area contributed by atoms with Crippen LogP contribution in [0.2, 0.25) is 0 Å². The molecule has 0 saturated heterocycles. The van der Waals surface area contributed by atoms with E-state index in [0.717, 1.165) is 0 Å². The van der Waals surface area contributed by atoms with E-state index in [0.29, 0.717) is 11.3 Å². The first kappa shape index (κ1) is 11.3. The molecule has 0 saturated carbocycles. The molecule has 0 unspecified atom stereocenters. The Morgan fingerprint density at radius 3 is 2.29 bits per heavy atom. The van der Waals surface area contributed by atoms with Gasteiger partial charge in [0, 0.05) is 18.0 Å². The van der Waals surface area contributed by atoms with Gasteiger partial charge in [-0.05, 0) is 24.3 Å². The minimum absolute atomic E-state index is 0.0891. The summed E-state index contributed by atoms with van der Waals surface area (Å²) >= 11 is 0. The first-order chi connectivity index (χ1) is 8.16. The van der Waals surface area contributed by atoms with Gasteiger partial charge >= 0.3 is 6.61 Å².